The van der Waals surface area contributed by atoms with Crippen LogP contribution in [-0.2, 0) is 6.54 Å². The Labute approximate surface area is 96.5 Å². The van der Waals surface area contributed by atoms with Crippen LogP contribution >= 0.6 is 11.3 Å². The first kappa shape index (κ1) is 12.7. The fraction of sp³-hybridized carbons (Fsp3) is 0.667. The maximum Gasteiger partial charge on any atom is 0.0603 e. The average molecular weight is 227 g/mol. The Kier molecular flexibility index (Phi) is 4.77. The molecule has 3 heteroatoms. The number of aliphatic hydroxyl groups is 1. The Bertz CT molecular complexity index is 264. The zero-order chi connectivity index (χ0) is 11.3. The van der Waals surface area contributed by atoms with Crippen LogP contribution in [0.5, 0.6) is 0 Å². The quantitative estimate of drug-likeness (QED) is 0.808. The molecule has 0 aliphatic carbocycles. The first-order chi connectivity index (χ1) is 7.01. The molecule has 0 aromatic carbocycles. The van der Waals surface area contributed by atoms with Gasteiger partial charge in [0.2, 0.25) is 0 Å². The summed E-state index contributed by atoms with van der Waals surface area (Å²) in [4.78, 5) is 3.76. The lowest BCUT2D eigenvalue weighted by molar-refractivity contribution is 0.0574. The molecule has 0 aliphatic heterocycles. The molecule has 1 rings (SSSR count). The molecule has 86 valence electrons. The smallest absolute Gasteiger partial charge is 0.0603 e. The van der Waals surface area contributed by atoms with Crippen molar-refractivity contribution in [1.82, 2.24) is 4.90 Å². The number of hydrogen-bond acceptors (Lipinski definition) is 3. The van der Waals surface area contributed by atoms with Crippen LogP contribution < -0.4 is 0 Å². The Hall–Kier alpha value is -0.380. The highest BCUT2D eigenvalue weighted by atomic mass is 32.1. The third-order valence-corrected chi connectivity index (χ3v) is 3.31. The lowest BCUT2D eigenvalue weighted by Crippen LogP contribution is -2.30. The van der Waals surface area contributed by atoms with E-state index in [0.29, 0.717) is 0 Å². The van der Waals surface area contributed by atoms with Crippen molar-refractivity contribution in [1.29, 1.82) is 0 Å². The van der Waals surface area contributed by atoms with Crippen LogP contribution in [0.25, 0.3) is 0 Å². The predicted molar refractivity (Wildman–Crippen MR) is 66.2 cm³/mol. The molecule has 15 heavy (non-hydrogen) atoms. The van der Waals surface area contributed by atoms with Gasteiger partial charge in [-0.3, -0.25) is 4.90 Å². The van der Waals surface area contributed by atoms with E-state index in [9.17, 15) is 5.11 Å². The molecule has 0 fully saturated rings. The van der Waals surface area contributed by atoms with E-state index in [1.807, 2.05) is 13.8 Å². The maximum absolute atomic E-state index is 9.66. The van der Waals surface area contributed by atoms with Gasteiger partial charge in [-0.25, -0.2) is 0 Å². The van der Waals surface area contributed by atoms with Crippen LogP contribution in [0.2, 0.25) is 0 Å². The van der Waals surface area contributed by atoms with Crippen molar-refractivity contribution in [2.24, 2.45) is 0 Å². The SMILES string of the molecule is CCN(CCC(C)(C)O)Cc1cccs1. The van der Waals surface area contributed by atoms with Crippen molar-refractivity contribution < 1.29 is 5.11 Å². The van der Waals surface area contributed by atoms with Crippen molar-refractivity contribution in [2.45, 2.75) is 39.3 Å². The molecule has 0 amide bonds. The lowest BCUT2D eigenvalue weighted by Gasteiger charge is -2.24. The first-order valence-electron chi connectivity index (χ1n) is 5.48. The number of nitrogens with zero attached hydrogens (tertiary/aromatic N) is 1. The fourth-order valence-corrected chi connectivity index (χ4v) is 2.15. The van der Waals surface area contributed by atoms with Gasteiger partial charge in [0.15, 0.2) is 0 Å². The first-order valence-corrected chi connectivity index (χ1v) is 6.36. The van der Waals surface area contributed by atoms with E-state index in [-0.39, 0.29) is 0 Å². The minimum atomic E-state index is -0.553. The Morgan fingerprint density at radius 3 is 2.67 bits per heavy atom. The van der Waals surface area contributed by atoms with Gasteiger partial charge in [0.25, 0.3) is 0 Å². The summed E-state index contributed by atoms with van der Waals surface area (Å²) in [7, 11) is 0. The van der Waals surface area contributed by atoms with Crippen molar-refractivity contribution >= 4 is 11.3 Å². The van der Waals surface area contributed by atoms with E-state index in [1.54, 1.807) is 11.3 Å². The molecular weight excluding hydrogens is 206 g/mol. The monoisotopic (exact) mass is 227 g/mol. The standard InChI is InChI=1S/C12H21NOS/c1-4-13(8-7-12(2,3)14)10-11-6-5-9-15-11/h5-6,9,14H,4,7-8,10H2,1-3H3. The van der Waals surface area contributed by atoms with Gasteiger partial charge in [-0.2, -0.15) is 0 Å². The second kappa shape index (κ2) is 5.64. The number of rotatable bonds is 6. The lowest BCUT2D eigenvalue weighted by atomic mass is 10.1. The van der Waals surface area contributed by atoms with Crippen molar-refractivity contribution in [3.05, 3.63) is 22.4 Å². The summed E-state index contributed by atoms with van der Waals surface area (Å²) >= 11 is 1.80. The third-order valence-electron chi connectivity index (χ3n) is 2.45. The van der Waals surface area contributed by atoms with Gasteiger partial charge in [-0.15, -0.1) is 11.3 Å². The molecule has 0 saturated carbocycles. The third kappa shape index (κ3) is 5.30. The second-order valence-electron chi connectivity index (χ2n) is 4.51. The number of thiophene rings is 1. The Morgan fingerprint density at radius 2 is 2.20 bits per heavy atom. The van der Waals surface area contributed by atoms with E-state index in [2.05, 4.69) is 29.3 Å². The summed E-state index contributed by atoms with van der Waals surface area (Å²) in [6, 6.07) is 4.25. The van der Waals surface area contributed by atoms with E-state index in [1.165, 1.54) is 4.88 Å². The maximum atomic E-state index is 9.66. The largest absolute Gasteiger partial charge is 0.390 e. The van der Waals surface area contributed by atoms with Crippen LogP contribution in [0, 0.1) is 0 Å². The summed E-state index contributed by atoms with van der Waals surface area (Å²) in [6.45, 7) is 8.89. The summed E-state index contributed by atoms with van der Waals surface area (Å²) in [5.41, 5.74) is -0.553. The molecule has 0 aliphatic rings. The van der Waals surface area contributed by atoms with Crippen molar-refractivity contribution in [3.63, 3.8) is 0 Å². The van der Waals surface area contributed by atoms with Crippen molar-refractivity contribution in [3.8, 4) is 0 Å². The molecule has 1 aromatic rings. The normalized spacial score (nSPS) is 12.3. The van der Waals surface area contributed by atoms with Gasteiger partial charge in [0.1, 0.15) is 0 Å². The molecule has 2 nitrogen and oxygen atoms in total. The topological polar surface area (TPSA) is 23.5 Å². The summed E-state index contributed by atoms with van der Waals surface area (Å²) in [6.07, 6.45) is 0.826. The van der Waals surface area contributed by atoms with E-state index >= 15 is 0 Å². The molecule has 0 atom stereocenters. The Balaban J connectivity index is 2.36. The molecule has 1 heterocycles. The molecule has 0 spiro atoms. The van der Waals surface area contributed by atoms with Gasteiger partial charge in [-0.1, -0.05) is 13.0 Å². The van der Waals surface area contributed by atoms with Crippen LogP contribution in [0.3, 0.4) is 0 Å². The fourth-order valence-electron chi connectivity index (χ4n) is 1.40. The zero-order valence-electron chi connectivity index (χ0n) is 9.86. The van der Waals surface area contributed by atoms with E-state index < -0.39 is 5.60 Å². The van der Waals surface area contributed by atoms with Crippen LogP contribution in [0.4, 0.5) is 0 Å². The van der Waals surface area contributed by atoms with E-state index in [0.717, 1.165) is 26.1 Å². The summed E-state index contributed by atoms with van der Waals surface area (Å²) in [5.74, 6) is 0. The van der Waals surface area contributed by atoms with Crippen LogP contribution in [0.15, 0.2) is 17.5 Å². The van der Waals surface area contributed by atoms with Crippen LogP contribution in [-0.4, -0.2) is 28.7 Å². The molecule has 1 N–H and O–H groups in total. The van der Waals surface area contributed by atoms with Gasteiger partial charge in [0, 0.05) is 18.0 Å². The molecule has 0 bridgehead atoms. The molecule has 0 saturated heterocycles. The second-order valence-corrected chi connectivity index (χ2v) is 5.54. The zero-order valence-corrected chi connectivity index (χ0v) is 10.7. The predicted octanol–water partition coefficient (Wildman–Crippen LogP) is 2.73. The van der Waals surface area contributed by atoms with Crippen molar-refractivity contribution in [2.75, 3.05) is 13.1 Å². The molecular formula is C12H21NOS. The van der Waals surface area contributed by atoms with Gasteiger partial charge in [-0.05, 0) is 38.3 Å². The summed E-state index contributed by atoms with van der Waals surface area (Å²) < 4.78 is 0. The molecule has 1 aromatic heterocycles. The molecule has 0 radical (unpaired) electrons. The number of hydrogen-bond donors (Lipinski definition) is 1. The Morgan fingerprint density at radius 1 is 1.47 bits per heavy atom. The molecule has 0 unspecified atom stereocenters. The highest BCUT2D eigenvalue weighted by Crippen LogP contribution is 2.14. The van der Waals surface area contributed by atoms with E-state index in [4.69, 9.17) is 0 Å². The van der Waals surface area contributed by atoms with Gasteiger partial charge in [0.05, 0.1) is 5.60 Å². The van der Waals surface area contributed by atoms with Gasteiger partial charge < -0.3 is 5.11 Å². The van der Waals surface area contributed by atoms with Gasteiger partial charge >= 0.3 is 0 Å². The average Bonchev–Trinajstić information content (AvgIpc) is 2.63. The summed E-state index contributed by atoms with van der Waals surface area (Å²) in [5, 5.41) is 11.8. The minimum absolute atomic E-state index is 0.553. The van der Waals surface area contributed by atoms with Crippen LogP contribution in [0.1, 0.15) is 32.1 Å². The highest BCUT2D eigenvalue weighted by molar-refractivity contribution is 7.09. The highest BCUT2D eigenvalue weighted by Gasteiger charge is 2.14. The minimum Gasteiger partial charge on any atom is -0.390 e.